The maximum Gasteiger partial charge on any atom is 0.127 e. The molecule has 0 bridgehead atoms. The number of rotatable bonds is 3. The molecule has 1 saturated heterocycles. The lowest BCUT2D eigenvalue weighted by Crippen LogP contribution is -2.19. The van der Waals surface area contributed by atoms with E-state index in [2.05, 4.69) is 39.6 Å². The number of imidazole rings is 1. The number of hydrogen-bond acceptors (Lipinski definition) is 2. The van der Waals surface area contributed by atoms with Crippen LogP contribution in [-0.4, -0.2) is 22.3 Å². The first-order valence-electron chi connectivity index (χ1n) is 6.97. The molecule has 0 spiro atoms. The van der Waals surface area contributed by atoms with Crippen LogP contribution in [0.1, 0.15) is 31.5 Å². The minimum atomic E-state index is -0.0983. The first kappa shape index (κ1) is 14.4. The lowest BCUT2D eigenvalue weighted by molar-refractivity contribution is 0.102. The van der Waals surface area contributed by atoms with Crippen LogP contribution in [0, 0.1) is 5.92 Å². The van der Waals surface area contributed by atoms with Crippen molar-refractivity contribution in [1.82, 2.24) is 9.55 Å². The number of nitrogens with zero attached hydrogens (tertiary/aromatic N) is 2. The van der Waals surface area contributed by atoms with Crippen LogP contribution in [0.4, 0.5) is 0 Å². The first-order chi connectivity index (χ1) is 9.56. The minimum Gasteiger partial charge on any atom is -0.378 e. The molecule has 1 aliphatic heterocycles. The number of ether oxygens (including phenoxy) is 1. The summed E-state index contributed by atoms with van der Waals surface area (Å²) in [6, 6.07) is 6.20. The maximum atomic E-state index is 6.32. The van der Waals surface area contributed by atoms with Crippen molar-refractivity contribution in [2.75, 3.05) is 6.61 Å². The van der Waals surface area contributed by atoms with E-state index in [1.165, 1.54) is 0 Å². The average Bonchev–Trinajstić information content (AvgIpc) is 2.95. The highest BCUT2D eigenvalue weighted by molar-refractivity contribution is 9.10. The molecule has 3 atom stereocenters. The van der Waals surface area contributed by atoms with Gasteiger partial charge in [0.2, 0.25) is 0 Å². The molecule has 0 N–H and O–H groups in total. The minimum absolute atomic E-state index is 0.0983. The van der Waals surface area contributed by atoms with E-state index in [9.17, 15) is 0 Å². The molecule has 20 heavy (non-hydrogen) atoms. The number of fused-ring (bicyclic) bond motifs is 1. The summed E-state index contributed by atoms with van der Waals surface area (Å²) in [5.74, 6) is 1.48. The molecule has 3 rings (SSSR count). The van der Waals surface area contributed by atoms with Gasteiger partial charge in [-0.1, -0.05) is 15.9 Å². The number of hydrogen-bond donors (Lipinski definition) is 0. The van der Waals surface area contributed by atoms with Gasteiger partial charge in [0.05, 0.1) is 22.5 Å². The fourth-order valence-electron chi connectivity index (χ4n) is 2.87. The van der Waals surface area contributed by atoms with Crippen molar-refractivity contribution in [3.8, 4) is 0 Å². The number of halogens is 2. The molecule has 0 amide bonds. The van der Waals surface area contributed by atoms with E-state index < -0.39 is 0 Å². The van der Waals surface area contributed by atoms with Crippen molar-refractivity contribution in [2.45, 2.75) is 38.3 Å². The van der Waals surface area contributed by atoms with Crippen molar-refractivity contribution in [3.05, 3.63) is 28.5 Å². The molecule has 0 saturated carbocycles. The molecule has 0 radical (unpaired) electrons. The van der Waals surface area contributed by atoms with Gasteiger partial charge in [-0.3, -0.25) is 0 Å². The second-order valence-electron chi connectivity index (χ2n) is 5.45. The van der Waals surface area contributed by atoms with Gasteiger partial charge in [0.15, 0.2) is 0 Å². The fraction of sp³-hybridized carbons (Fsp3) is 0.533. The van der Waals surface area contributed by atoms with Crippen molar-refractivity contribution in [3.63, 3.8) is 0 Å². The molecule has 1 aromatic carbocycles. The van der Waals surface area contributed by atoms with Gasteiger partial charge in [0.25, 0.3) is 0 Å². The topological polar surface area (TPSA) is 27.1 Å². The van der Waals surface area contributed by atoms with Crippen LogP contribution in [0.2, 0.25) is 0 Å². The van der Waals surface area contributed by atoms with Crippen molar-refractivity contribution in [1.29, 1.82) is 0 Å². The van der Waals surface area contributed by atoms with Crippen LogP contribution in [0.25, 0.3) is 11.0 Å². The summed E-state index contributed by atoms with van der Waals surface area (Å²) in [5.41, 5.74) is 2.14. The van der Waals surface area contributed by atoms with E-state index in [4.69, 9.17) is 21.3 Å². The highest BCUT2D eigenvalue weighted by Crippen LogP contribution is 2.30. The van der Waals surface area contributed by atoms with Gasteiger partial charge in [0, 0.05) is 23.5 Å². The Kier molecular flexibility index (Phi) is 4.07. The quantitative estimate of drug-likeness (QED) is 0.755. The first-order valence-corrected chi connectivity index (χ1v) is 8.20. The van der Waals surface area contributed by atoms with Crippen LogP contribution in [0.15, 0.2) is 22.7 Å². The Morgan fingerprint density at radius 3 is 3.00 bits per heavy atom. The Morgan fingerprint density at radius 1 is 1.55 bits per heavy atom. The largest absolute Gasteiger partial charge is 0.378 e. The Bertz CT molecular complexity index is 626. The van der Waals surface area contributed by atoms with Crippen molar-refractivity contribution in [2.24, 2.45) is 5.92 Å². The van der Waals surface area contributed by atoms with Gasteiger partial charge in [-0.2, -0.15) is 0 Å². The molecule has 2 aromatic rings. The lowest BCUT2D eigenvalue weighted by atomic mass is 10.0. The molecule has 1 aromatic heterocycles. The maximum absolute atomic E-state index is 6.32. The fourth-order valence-corrected chi connectivity index (χ4v) is 3.38. The monoisotopic (exact) mass is 356 g/mol. The summed E-state index contributed by atoms with van der Waals surface area (Å²) in [4.78, 5) is 4.70. The van der Waals surface area contributed by atoms with Gasteiger partial charge in [-0.25, -0.2) is 4.98 Å². The highest BCUT2D eigenvalue weighted by atomic mass is 79.9. The molecule has 1 fully saturated rings. The summed E-state index contributed by atoms with van der Waals surface area (Å²) in [5, 5.41) is -0.0983. The van der Waals surface area contributed by atoms with Gasteiger partial charge in [-0.05, 0) is 38.5 Å². The summed E-state index contributed by atoms with van der Waals surface area (Å²) >= 11 is 9.81. The Morgan fingerprint density at radius 2 is 2.35 bits per heavy atom. The van der Waals surface area contributed by atoms with Crippen molar-refractivity contribution >= 4 is 38.6 Å². The second kappa shape index (κ2) is 5.66. The third-order valence-electron chi connectivity index (χ3n) is 4.05. The smallest absolute Gasteiger partial charge is 0.127 e. The van der Waals surface area contributed by atoms with Crippen LogP contribution < -0.4 is 0 Å². The third kappa shape index (κ3) is 2.61. The molecule has 3 nitrogen and oxygen atoms in total. The molecule has 2 heterocycles. The molecule has 1 aliphatic rings. The number of benzene rings is 1. The Labute approximate surface area is 132 Å². The van der Waals surface area contributed by atoms with Crippen LogP contribution in [0.3, 0.4) is 0 Å². The van der Waals surface area contributed by atoms with E-state index in [0.29, 0.717) is 12.0 Å². The van der Waals surface area contributed by atoms with E-state index in [0.717, 1.165) is 40.9 Å². The summed E-state index contributed by atoms with van der Waals surface area (Å²) in [6.07, 6.45) is 1.41. The lowest BCUT2D eigenvalue weighted by Gasteiger charge is -2.18. The molecule has 3 unspecified atom stereocenters. The van der Waals surface area contributed by atoms with Gasteiger partial charge < -0.3 is 9.30 Å². The molecular formula is C15H18BrClN2O. The van der Waals surface area contributed by atoms with E-state index in [1.807, 2.05) is 13.0 Å². The predicted molar refractivity (Wildman–Crippen MR) is 85.2 cm³/mol. The summed E-state index contributed by atoms with van der Waals surface area (Å²) in [7, 11) is 0. The molecule has 108 valence electrons. The van der Waals surface area contributed by atoms with E-state index in [-0.39, 0.29) is 5.38 Å². The summed E-state index contributed by atoms with van der Waals surface area (Å²) in [6.45, 7) is 5.90. The number of aromatic nitrogens is 2. The van der Waals surface area contributed by atoms with Crippen molar-refractivity contribution < 1.29 is 4.74 Å². The summed E-state index contributed by atoms with van der Waals surface area (Å²) < 4.78 is 8.97. The normalized spacial score (nSPS) is 24.4. The molecule has 0 aliphatic carbocycles. The van der Waals surface area contributed by atoms with E-state index in [1.54, 1.807) is 0 Å². The predicted octanol–water partition coefficient (Wildman–Crippen LogP) is 4.52. The standard InChI is InChI=1S/C15H18BrClN2O/c1-9(17)15-18-13-7-12(16)3-4-14(13)19(15)8-11-5-6-20-10(11)2/h3-4,7,9-11H,5-6,8H2,1-2H3. The van der Waals surface area contributed by atoms with Crippen LogP contribution >= 0.6 is 27.5 Å². The molecular weight excluding hydrogens is 340 g/mol. The van der Waals surface area contributed by atoms with Gasteiger partial charge in [-0.15, -0.1) is 11.6 Å². The van der Waals surface area contributed by atoms with Gasteiger partial charge >= 0.3 is 0 Å². The molecule has 5 heteroatoms. The Balaban J connectivity index is 2.04. The van der Waals surface area contributed by atoms with E-state index >= 15 is 0 Å². The SMILES string of the molecule is CC(Cl)c1nc2cc(Br)ccc2n1CC1CCOC1C. The Hall–Kier alpha value is -0.580. The third-order valence-corrected chi connectivity index (χ3v) is 4.73. The zero-order chi connectivity index (χ0) is 14.3. The van der Waals surface area contributed by atoms with Gasteiger partial charge in [0.1, 0.15) is 5.82 Å². The zero-order valence-corrected chi connectivity index (χ0v) is 14.0. The average molecular weight is 358 g/mol. The second-order valence-corrected chi connectivity index (χ2v) is 7.02. The number of alkyl halides is 1. The zero-order valence-electron chi connectivity index (χ0n) is 11.6. The van der Waals surface area contributed by atoms with Crippen LogP contribution in [0.5, 0.6) is 0 Å². The van der Waals surface area contributed by atoms with Crippen LogP contribution in [-0.2, 0) is 11.3 Å². The highest BCUT2D eigenvalue weighted by Gasteiger charge is 2.26.